The Labute approximate surface area is 91.3 Å². The fourth-order valence-corrected chi connectivity index (χ4v) is 1.69. The predicted molar refractivity (Wildman–Crippen MR) is 61.5 cm³/mol. The number of anilines is 1. The summed E-state index contributed by atoms with van der Waals surface area (Å²) in [7, 11) is 0. The summed E-state index contributed by atoms with van der Waals surface area (Å²) in [5.41, 5.74) is 7.69. The van der Waals surface area contributed by atoms with Gasteiger partial charge in [-0.25, -0.2) is 0 Å². The minimum Gasteiger partial charge on any atom is -0.384 e. The number of nitrogens with zero attached hydrogens (tertiary/aromatic N) is 3. The molecule has 3 N–H and O–H groups in total. The van der Waals surface area contributed by atoms with Crippen molar-refractivity contribution in [3.05, 3.63) is 36.8 Å². The summed E-state index contributed by atoms with van der Waals surface area (Å²) in [5.74, 6) is 0.571. The molecule has 0 aliphatic carbocycles. The minimum absolute atomic E-state index is 0.571. The molecule has 0 fully saturated rings. The highest BCUT2D eigenvalue weighted by Gasteiger charge is 2.05. The first-order valence-corrected chi connectivity index (χ1v) is 4.84. The Morgan fingerprint density at radius 3 is 2.56 bits per heavy atom. The Morgan fingerprint density at radius 1 is 1.00 bits per heavy atom. The van der Waals surface area contributed by atoms with Crippen LogP contribution in [0.2, 0.25) is 0 Å². The summed E-state index contributed by atoms with van der Waals surface area (Å²) < 4.78 is 0. The Hall–Kier alpha value is -2.43. The summed E-state index contributed by atoms with van der Waals surface area (Å²) in [6.45, 7) is 0. The second-order valence-corrected chi connectivity index (χ2v) is 3.53. The van der Waals surface area contributed by atoms with Crippen molar-refractivity contribution >= 4 is 16.6 Å². The molecular weight excluding hydrogens is 202 g/mol. The second-order valence-electron chi connectivity index (χ2n) is 3.53. The average Bonchev–Trinajstić information content (AvgIpc) is 2.75. The molecule has 0 radical (unpaired) electrons. The van der Waals surface area contributed by atoms with Crippen LogP contribution in [0, 0.1) is 0 Å². The van der Waals surface area contributed by atoms with E-state index < -0.39 is 0 Å². The normalized spacial score (nSPS) is 10.8. The smallest absolute Gasteiger partial charge is 0.126 e. The van der Waals surface area contributed by atoms with Gasteiger partial charge in [0.2, 0.25) is 0 Å². The van der Waals surface area contributed by atoms with Crippen molar-refractivity contribution in [2.45, 2.75) is 0 Å². The van der Waals surface area contributed by atoms with Crippen molar-refractivity contribution in [1.82, 2.24) is 20.4 Å². The third-order valence-corrected chi connectivity index (χ3v) is 2.53. The van der Waals surface area contributed by atoms with Crippen molar-refractivity contribution in [3.8, 4) is 11.1 Å². The molecule has 3 aromatic rings. The Kier molecular flexibility index (Phi) is 1.83. The van der Waals surface area contributed by atoms with E-state index in [1.54, 1.807) is 18.6 Å². The van der Waals surface area contributed by atoms with Crippen LogP contribution in [0.1, 0.15) is 0 Å². The molecule has 0 saturated heterocycles. The summed E-state index contributed by atoms with van der Waals surface area (Å²) in [5, 5.41) is 16.4. The summed E-state index contributed by atoms with van der Waals surface area (Å²) in [6.07, 6.45) is 5.18. The van der Waals surface area contributed by atoms with E-state index >= 15 is 0 Å². The Bertz CT molecular complexity index is 643. The quantitative estimate of drug-likeness (QED) is 0.640. The number of nitrogens with two attached hydrogens (primary N) is 1. The fraction of sp³-hybridized carbons (Fsp3) is 0. The number of hydrogen-bond acceptors (Lipinski definition) is 4. The molecule has 5 heteroatoms. The molecule has 0 unspecified atom stereocenters. The molecule has 16 heavy (non-hydrogen) atoms. The molecule has 0 bridgehead atoms. The van der Waals surface area contributed by atoms with Crippen molar-refractivity contribution in [3.63, 3.8) is 0 Å². The van der Waals surface area contributed by atoms with Crippen LogP contribution in [-0.4, -0.2) is 20.4 Å². The van der Waals surface area contributed by atoms with Crippen LogP contribution in [0.3, 0.4) is 0 Å². The van der Waals surface area contributed by atoms with Crippen LogP contribution in [0.4, 0.5) is 5.82 Å². The van der Waals surface area contributed by atoms with E-state index in [0.717, 1.165) is 21.9 Å². The van der Waals surface area contributed by atoms with Gasteiger partial charge in [0.05, 0.1) is 18.6 Å². The highest BCUT2D eigenvalue weighted by Crippen LogP contribution is 2.26. The average molecular weight is 211 g/mol. The lowest BCUT2D eigenvalue weighted by molar-refractivity contribution is 1.05. The SMILES string of the molecule is Nc1[nH]ncc1-c1ccc2cnncc2c1. The molecule has 0 aliphatic rings. The lowest BCUT2D eigenvalue weighted by Crippen LogP contribution is -1.88. The molecule has 2 heterocycles. The van der Waals surface area contributed by atoms with E-state index in [4.69, 9.17) is 5.73 Å². The second kappa shape index (κ2) is 3.30. The first-order chi connectivity index (χ1) is 7.84. The zero-order valence-electron chi connectivity index (χ0n) is 8.38. The highest BCUT2D eigenvalue weighted by atomic mass is 15.1. The van der Waals surface area contributed by atoms with Gasteiger partial charge in [-0.3, -0.25) is 5.10 Å². The van der Waals surface area contributed by atoms with Gasteiger partial charge in [-0.1, -0.05) is 12.1 Å². The zero-order chi connectivity index (χ0) is 11.0. The van der Waals surface area contributed by atoms with Gasteiger partial charge in [0, 0.05) is 16.3 Å². The van der Waals surface area contributed by atoms with E-state index in [0.29, 0.717) is 5.82 Å². The van der Waals surface area contributed by atoms with E-state index in [-0.39, 0.29) is 0 Å². The number of fused-ring (bicyclic) bond motifs is 1. The monoisotopic (exact) mass is 211 g/mol. The molecule has 0 saturated carbocycles. The van der Waals surface area contributed by atoms with E-state index in [1.807, 2.05) is 18.2 Å². The van der Waals surface area contributed by atoms with Gasteiger partial charge in [-0.15, -0.1) is 0 Å². The maximum Gasteiger partial charge on any atom is 0.126 e. The fourth-order valence-electron chi connectivity index (χ4n) is 1.69. The van der Waals surface area contributed by atoms with Gasteiger partial charge in [0.1, 0.15) is 5.82 Å². The van der Waals surface area contributed by atoms with Gasteiger partial charge in [0.25, 0.3) is 0 Å². The largest absolute Gasteiger partial charge is 0.384 e. The number of aromatic amines is 1. The first kappa shape index (κ1) is 8.84. The van der Waals surface area contributed by atoms with Crippen molar-refractivity contribution in [2.24, 2.45) is 0 Å². The van der Waals surface area contributed by atoms with E-state index in [9.17, 15) is 0 Å². The van der Waals surface area contributed by atoms with Crippen LogP contribution in [0.15, 0.2) is 36.8 Å². The highest BCUT2D eigenvalue weighted by molar-refractivity contribution is 5.87. The number of hydrogen-bond donors (Lipinski definition) is 2. The molecule has 0 aliphatic heterocycles. The first-order valence-electron chi connectivity index (χ1n) is 4.84. The summed E-state index contributed by atoms with van der Waals surface area (Å²) in [6, 6.07) is 6.00. The number of nitrogens with one attached hydrogen (secondary N) is 1. The molecule has 0 atom stereocenters. The maximum absolute atomic E-state index is 5.77. The van der Waals surface area contributed by atoms with Crippen LogP contribution in [0.25, 0.3) is 21.9 Å². The number of rotatable bonds is 1. The van der Waals surface area contributed by atoms with Crippen LogP contribution in [-0.2, 0) is 0 Å². The minimum atomic E-state index is 0.571. The summed E-state index contributed by atoms with van der Waals surface area (Å²) in [4.78, 5) is 0. The van der Waals surface area contributed by atoms with Crippen LogP contribution >= 0.6 is 0 Å². The lowest BCUT2D eigenvalue weighted by atomic mass is 10.1. The number of benzene rings is 1. The molecular formula is C11H9N5. The van der Waals surface area contributed by atoms with E-state index in [2.05, 4.69) is 20.4 Å². The molecule has 5 nitrogen and oxygen atoms in total. The molecule has 78 valence electrons. The molecule has 2 aromatic heterocycles. The number of nitrogen functional groups attached to an aromatic ring is 1. The van der Waals surface area contributed by atoms with Crippen molar-refractivity contribution < 1.29 is 0 Å². The molecule has 0 amide bonds. The zero-order valence-corrected chi connectivity index (χ0v) is 8.38. The van der Waals surface area contributed by atoms with Gasteiger partial charge in [-0.05, 0) is 11.6 Å². The third kappa shape index (κ3) is 1.30. The predicted octanol–water partition coefficient (Wildman–Crippen LogP) is 1.60. The van der Waals surface area contributed by atoms with Crippen molar-refractivity contribution in [1.29, 1.82) is 0 Å². The van der Waals surface area contributed by atoms with Crippen LogP contribution in [0.5, 0.6) is 0 Å². The van der Waals surface area contributed by atoms with Gasteiger partial charge in [0.15, 0.2) is 0 Å². The number of aromatic nitrogens is 4. The maximum atomic E-state index is 5.77. The Balaban J connectivity index is 2.23. The molecule has 0 spiro atoms. The standard InChI is InChI=1S/C11H9N5/c12-11-10(6-15-16-11)7-1-2-8-4-13-14-5-9(8)3-7/h1-6H,(H3,12,15,16). The van der Waals surface area contributed by atoms with Crippen LogP contribution < -0.4 is 5.73 Å². The van der Waals surface area contributed by atoms with Gasteiger partial charge >= 0.3 is 0 Å². The Morgan fingerprint density at radius 2 is 1.81 bits per heavy atom. The lowest BCUT2D eigenvalue weighted by Gasteiger charge is -2.01. The third-order valence-electron chi connectivity index (χ3n) is 2.53. The molecule has 1 aromatic carbocycles. The topological polar surface area (TPSA) is 80.5 Å². The number of H-pyrrole nitrogens is 1. The van der Waals surface area contributed by atoms with Crippen molar-refractivity contribution in [2.75, 3.05) is 5.73 Å². The van der Waals surface area contributed by atoms with Gasteiger partial charge in [-0.2, -0.15) is 15.3 Å². The van der Waals surface area contributed by atoms with E-state index in [1.165, 1.54) is 0 Å². The summed E-state index contributed by atoms with van der Waals surface area (Å²) >= 11 is 0. The molecule has 3 rings (SSSR count). The van der Waals surface area contributed by atoms with Gasteiger partial charge < -0.3 is 5.73 Å².